The van der Waals surface area contributed by atoms with Crippen LogP contribution in [0.25, 0.3) is 11.1 Å². The summed E-state index contributed by atoms with van der Waals surface area (Å²) < 4.78 is 5.55. The molecule has 0 spiro atoms. The Hall–Kier alpha value is -3.35. The van der Waals surface area contributed by atoms with E-state index in [9.17, 15) is 19.5 Å². The van der Waals surface area contributed by atoms with Crippen LogP contribution in [0.1, 0.15) is 50.2 Å². The lowest BCUT2D eigenvalue weighted by Gasteiger charge is -2.38. The first-order valence-corrected chi connectivity index (χ1v) is 12.0. The zero-order valence-electron chi connectivity index (χ0n) is 19.7. The van der Waals surface area contributed by atoms with Crippen LogP contribution in [0.5, 0.6) is 0 Å². The summed E-state index contributed by atoms with van der Waals surface area (Å²) >= 11 is 0. The number of piperidine rings is 1. The van der Waals surface area contributed by atoms with Gasteiger partial charge in [0.2, 0.25) is 5.91 Å². The molecule has 7 nitrogen and oxygen atoms in total. The van der Waals surface area contributed by atoms with Crippen LogP contribution >= 0.6 is 0 Å². The van der Waals surface area contributed by atoms with Gasteiger partial charge in [-0.25, -0.2) is 4.79 Å². The Morgan fingerprint density at radius 1 is 1.06 bits per heavy atom. The lowest BCUT2D eigenvalue weighted by Crippen LogP contribution is -2.49. The number of ether oxygens (including phenoxy) is 1. The monoisotopic (exact) mass is 464 g/mol. The number of carbonyl (C=O) groups excluding carboxylic acids is 2. The second kappa shape index (κ2) is 10.3. The topological polar surface area (TPSA) is 95.9 Å². The molecule has 3 atom stereocenters. The molecule has 1 fully saturated rings. The van der Waals surface area contributed by atoms with Gasteiger partial charge >= 0.3 is 12.1 Å². The van der Waals surface area contributed by atoms with E-state index in [1.165, 1.54) is 11.1 Å². The number of carboxylic acids is 1. The molecular formula is C27H32N2O5. The molecule has 2 aliphatic rings. The molecule has 2 amide bonds. The van der Waals surface area contributed by atoms with Crippen molar-refractivity contribution in [2.75, 3.05) is 19.7 Å². The third kappa shape index (κ3) is 4.93. The third-order valence-corrected chi connectivity index (χ3v) is 7.13. The summed E-state index contributed by atoms with van der Waals surface area (Å²) in [5.74, 6) is -1.74. The number of aliphatic carboxylic acids is 1. The van der Waals surface area contributed by atoms with E-state index < -0.39 is 18.0 Å². The van der Waals surface area contributed by atoms with Crippen LogP contribution < -0.4 is 5.32 Å². The molecule has 0 aromatic heterocycles. The number of carbonyl (C=O) groups is 3. The zero-order chi connectivity index (χ0) is 24.2. The molecule has 2 N–H and O–H groups in total. The molecule has 1 aliphatic carbocycles. The Morgan fingerprint density at radius 2 is 1.68 bits per heavy atom. The Balaban J connectivity index is 1.26. The number of carboxylic acid groups (broad SMARTS) is 1. The van der Waals surface area contributed by atoms with Crippen molar-refractivity contribution in [1.82, 2.24) is 10.2 Å². The van der Waals surface area contributed by atoms with Crippen LogP contribution in [0.4, 0.5) is 4.79 Å². The summed E-state index contributed by atoms with van der Waals surface area (Å²) in [6.45, 7) is 4.58. The molecule has 180 valence electrons. The van der Waals surface area contributed by atoms with Gasteiger partial charge in [0.25, 0.3) is 0 Å². The number of fused-ring (bicyclic) bond motifs is 3. The van der Waals surface area contributed by atoms with E-state index in [1.807, 2.05) is 38.1 Å². The summed E-state index contributed by atoms with van der Waals surface area (Å²) in [6, 6.07) is 16.4. The Bertz CT molecular complexity index is 1020. The van der Waals surface area contributed by atoms with Gasteiger partial charge < -0.3 is 20.1 Å². The molecule has 2 aromatic rings. The van der Waals surface area contributed by atoms with E-state index in [0.717, 1.165) is 11.1 Å². The fourth-order valence-electron chi connectivity index (χ4n) is 5.06. The standard InChI is InChI=1S/C27H32N2O5/c1-17(25(30)29-15-19(26(31)32)12-11-18(29)2)13-14-28-27(33)34-16-24-22-9-5-3-7-20(22)21-8-4-6-10-23(21)24/h3-10,17-19,24H,11-16H2,1-2H3,(H,28,33)(H,31,32). The minimum atomic E-state index is -0.853. The average Bonchev–Trinajstić information content (AvgIpc) is 3.16. The minimum Gasteiger partial charge on any atom is -0.481 e. The number of alkyl carbamates (subject to hydrolysis) is 1. The maximum atomic E-state index is 12.9. The highest BCUT2D eigenvalue weighted by molar-refractivity contribution is 5.81. The van der Waals surface area contributed by atoms with Gasteiger partial charge in [-0.3, -0.25) is 9.59 Å². The second-order valence-electron chi connectivity index (χ2n) is 9.39. The first-order valence-electron chi connectivity index (χ1n) is 12.0. The van der Waals surface area contributed by atoms with Crippen LogP contribution in [-0.2, 0) is 14.3 Å². The number of nitrogens with zero attached hydrogens (tertiary/aromatic N) is 1. The molecule has 1 heterocycles. The number of hydrogen-bond donors (Lipinski definition) is 2. The molecule has 2 aromatic carbocycles. The van der Waals surface area contributed by atoms with E-state index in [4.69, 9.17) is 4.74 Å². The molecule has 34 heavy (non-hydrogen) atoms. The van der Waals surface area contributed by atoms with Crippen molar-refractivity contribution in [3.8, 4) is 11.1 Å². The second-order valence-corrected chi connectivity index (χ2v) is 9.39. The van der Waals surface area contributed by atoms with Gasteiger partial charge in [0, 0.05) is 31.0 Å². The minimum absolute atomic E-state index is 0.00132. The van der Waals surface area contributed by atoms with Crippen molar-refractivity contribution in [2.45, 2.75) is 45.1 Å². The normalized spacial score (nSPS) is 20.2. The van der Waals surface area contributed by atoms with E-state index in [0.29, 0.717) is 25.8 Å². The van der Waals surface area contributed by atoms with Crippen molar-refractivity contribution in [3.63, 3.8) is 0 Å². The van der Waals surface area contributed by atoms with Gasteiger partial charge in [0.05, 0.1) is 5.92 Å². The summed E-state index contributed by atoms with van der Waals surface area (Å²) in [6.07, 6.45) is 1.24. The summed E-state index contributed by atoms with van der Waals surface area (Å²) in [7, 11) is 0. The number of benzene rings is 2. The molecule has 0 bridgehead atoms. The molecule has 1 aliphatic heterocycles. The smallest absolute Gasteiger partial charge is 0.407 e. The summed E-state index contributed by atoms with van der Waals surface area (Å²) in [5.41, 5.74) is 4.67. The Morgan fingerprint density at radius 3 is 2.29 bits per heavy atom. The number of nitrogens with one attached hydrogen (secondary N) is 1. The van der Waals surface area contributed by atoms with E-state index in [1.54, 1.807) is 4.90 Å². The number of hydrogen-bond acceptors (Lipinski definition) is 4. The largest absolute Gasteiger partial charge is 0.481 e. The molecular weight excluding hydrogens is 432 g/mol. The lowest BCUT2D eigenvalue weighted by molar-refractivity contribution is -0.148. The van der Waals surface area contributed by atoms with Gasteiger partial charge in [-0.05, 0) is 48.4 Å². The van der Waals surface area contributed by atoms with Crippen molar-refractivity contribution >= 4 is 18.0 Å². The predicted octanol–water partition coefficient (Wildman–Crippen LogP) is 4.26. The van der Waals surface area contributed by atoms with E-state index in [-0.39, 0.29) is 36.9 Å². The van der Waals surface area contributed by atoms with Crippen molar-refractivity contribution in [3.05, 3.63) is 59.7 Å². The molecule has 7 heteroatoms. The molecule has 0 saturated carbocycles. The predicted molar refractivity (Wildman–Crippen MR) is 128 cm³/mol. The molecule has 3 unspecified atom stereocenters. The third-order valence-electron chi connectivity index (χ3n) is 7.13. The van der Waals surface area contributed by atoms with Crippen LogP contribution in [0, 0.1) is 11.8 Å². The van der Waals surface area contributed by atoms with Crippen LogP contribution in [0.15, 0.2) is 48.5 Å². The van der Waals surface area contributed by atoms with Gasteiger partial charge in [0.1, 0.15) is 6.61 Å². The Kier molecular flexibility index (Phi) is 7.20. The fourth-order valence-corrected chi connectivity index (χ4v) is 5.06. The zero-order valence-corrected chi connectivity index (χ0v) is 19.7. The van der Waals surface area contributed by atoms with Crippen LogP contribution in [0.3, 0.4) is 0 Å². The van der Waals surface area contributed by atoms with Crippen molar-refractivity contribution in [1.29, 1.82) is 0 Å². The van der Waals surface area contributed by atoms with E-state index >= 15 is 0 Å². The number of rotatable bonds is 7. The highest BCUT2D eigenvalue weighted by Gasteiger charge is 2.34. The average molecular weight is 465 g/mol. The quantitative estimate of drug-likeness (QED) is 0.638. The van der Waals surface area contributed by atoms with Crippen LogP contribution in [-0.4, -0.2) is 53.7 Å². The van der Waals surface area contributed by atoms with Gasteiger partial charge in [0.15, 0.2) is 0 Å². The first kappa shape index (κ1) is 23.8. The summed E-state index contributed by atoms with van der Waals surface area (Å²) in [5, 5.41) is 12.1. The van der Waals surface area contributed by atoms with Crippen LogP contribution in [0.2, 0.25) is 0 Å². The number of likely N-dealkylation sites (tertiary alicyclic amines) is 1. The van der Waals surface area contributed by atoms with Gasteiger partial charge in [-0.15, -0.1) is 0 Å². The van der Waals surface area contributed by atoms with Crippen molar-refractivity contribution < 1.29 is 24.2 Å². The fraction of sp³-hybridized carbons (Fsp3) is 0.444. The molecule has 1 saturated heterocycles. The van der Waals surface area contributed by atoms with E-state index in [2.05, 4.69) is 29.6 Å². The molecule has 4 rings (SSSR count). The Labute approximate surface area is 200 Å². The van der Waals surface area contributed by atoms with Gasteiger partial charge in [-0.1, -0.05) is 55.5 Å². The van der Waals surface area contributed by atoms with Crippen molar-refractivity contribution in [2.24, 2.45) is 11.8 Å². The maximum absolute atomic E-state index is 12.9. The highest BCUT2D eigenvalue weighted by atomic mass is 16.5. The first-order chi connectivity index (χ1) is 16.4. The highest BCUT2D eigenvalue weighted by Crippen LogP contribution is 2.44. The summed E-state index contributed by atoms with van der Waals surface area (Å²) in [4.78, 5) is 38.2. The SMILES string of the molecule is CC(CCNC(=O)OCC1c2ccccc2-c2ccccc21)C(=O)N1CC(C(=O)O)CCC1C. The number of amides is 2. The lowest BCUT2D eigenvalue weighted by atomic mass is 9.92. The molecule has 0 radical (unpaired) electrons. The maximum Gasteiger partial charge on any atom is 0.407 e. The van der Waals surface area contributed by atoms with Gasteiger partial charge in [-0.2, -0.15) is 0 Å².